The Morgan fingerprint density at radius 3 is 3.00 bits per heavy atom. The number of hydrogen-bond acceptors (Lipinski definition) is 1. The third-order valence-electron chi connectivity index (χ3n) is 3.37. The largest absolute Gasteiger partial charge is 0.344 e. The SMILES string of the molecule is N#Cc1ccc([C@@H]2CCc3cccn32)c(F)c1. The van der Waals surface area contributed by atoms with E-state index in [1.807, 2.05) is 18.3 Å². The smallest absolute Gasteiger partial charge is 0.129 e. The average molecular weight is 226 g/mol. The van der Waals surface area contributed by atoms with Crippen molar-refractivity contribution in [2.45, 2.75) is 18.9 Å². The number of aromatic nitrogens is 1. The lowest BCUT2D eigenvalue weighted by atomic mass is 10.0. The molecule has 0 fully saturated rings. The van der Waals surface area contributed by atoms with Gasteiger partial charge in [0.05, 0.1) is 17.7 Å². The molecule has 3 heteroatoms. The molecule has 0 saturated heterocycles. The van der Waals surface area contributed by atoms with E-state index in [1.54, 1.807) is 12.1 Å². The normalized spacial score (nSPS) is 17.8. The Bertz CT molecular complexity index is 607. The second kappa shape index (κ2) is 3.74. The highest BCUT2D eigenvalue weighted by atomic mass is 19.1. The van der Waals surface area contributed by atoms with E-state index in [4.69, 9.17) is 5.26 Å². The van der Waals surface area contributed by atoms with Gasteiger partial charge in [-0.1, -0.05) is 6.07 Å². The summed E-state index contributed by atoms with van der Waals surface area (Å²) in [5.41, 5.74) is 2.30. The summed E-state index contributed by atoms with van der Waals surface area (Å²) in [5, 5.41) is 8.72. The molecule has 0 N–H and O–H groups in total. The molecule has 1 aliphatic rings. The highest BCUT2D eigenvalue weighted by Gasteiger charge is 2.24. The number of nitrogens with zero attached hydrogens (tertiary/aromatic N) is 2. The fourth-order valence-electron chi connectivity index (χ4n) is 2.54. The van der Waals surface area contributed by atoms with Crippen LogP contribution in [0.4, 0.5) is 4.39 Å². The van der Waals surface area contributed by atoms with Crippen LogP contribution in [0.15, 0.2) is 36.5 Å². The molecule has 0 saturated carbocycles. The highest BCUT2D eigenvalue weighted by molar-refractivity contribution is 5.35. The number of halogens is 1. The molecular weight excluding hydrogens is 215 g/mol. The number of aryl methyl sites for hydroxylation is 1. The van der Waals surface area contributed by atoms with Crippen molar-refractivity contribution >= 4 is 0 Å². The van der Waals surface area contributed by atoms with Crippen LogP contribution in [0.2, 0.25) is 0 Å². The first kappa shape index (κ1) is 10.1. The van der Waals surface area contributed by atoms with Gasteiger partial charge in [0, 0.05) is 17.5 Å². The molecule has 3 rings (SSSR count). The van der Waals surface area contributed by atoms with E-state index in [0.717, 1.165) is 12.8 Å². The van der Waals surface area contributed by atoms with Crippen molar-refractivity contribution < 1.29 is 4.39 Å². The summed E-state index contributed by atoms with van der Waals surface area (Å²) in [4.78, 5) is 0. The zero-order chi connectivity index (χ0) is 11.8. The molecule has 0 aliphatic carbocycles. The first-order valence-electron chi connectivity index (χ1n) is 5.65. The Balaban J connectivity index is 2.05. The number of benzene rings is 1. The fraction of sp³-hybridized carbons (Fsp3) is 0.214. The molecule has 2 heterocycles. The van der Waals surface area contributed by atoms with Crippen molar-refractivity contribution in [3.05, 3.63) is 59.2 Å². The standard InChI is InChI=1S/C14H11FN2/c15-13-8-10(9-16)3-5-12(13)14-6-4-11-2-1-7-17(11)14/h1-3,5,7-8,14H,4,6H2/t14-/m0/s1. The van der Waals surface area contributed by atoms with Gasteiger partial charge >= 0.3 is 0 Å². The lowest BCUT2D eigenvalue weighted by molar-refractivity contribution is 0.547. The molecular formula is C14H11FN2. The van der Waals surface area contributed by atoms with Gasteiger partial charge < -0.3 is 4.57 Å². The second-order valence-electron chi connectivity index (χ2n) is 4.31. The molecule has 0 amide bonds. The highest BCUT2D eigenvalue weighted by Crippen LogP contribution is 2.33. The monoisotopic (exact) mass is 226 g/mol. The molecule has 84 valence electrons. The Kier molecular flexibility index (Phi) is 2.22. The van der Waals surface area contributed by atoms with Crippen LogP contribution >= 0.6 is 0 Å². The molecule has 17 heavy (non-hydrogen) atoms. The Morgan fingerprint density at radius 1 is 1.35 bits per heavy atom. The fourth-order valence-corrected chi connectivity index (χ4v) is 2.54. The molecule has 2 nitrogen and oxygen atoms in total. The minimum Gasteiger partial charge on any atom is -0.344 e. The quantitative estimate of drug-likeness (QED) is 0.734. The molecule has 0 unspecified atom stereocenters. The number of hydrogen-bond donors (Lipinski definition) is 0. The predicted molar refractivity (Wildman–Crippen MR) is 62.0 cm³/mol. The van der Waals surface area contributed by atoms with Crippen LogP contribution in [-0.2, 0) is 6.42 Å². The first-order valence-corrected chi connectivity index (χ1v) is 5.65. The minimum atomic E-state index is -0.282. The summed E-state index contributed by atoms with van der Waals surface area (Å²) in [7, 11) is 0. The van der Waals surface area contributed by atoms with Crippen molar-refractivity contribution in [1.82, 2.24) is 4.57 Å². The van der Waals surface area contributed by atoms with E-state index in [0.29, 0.717) is 11.1 Å². The average Bonchev–Trinajstić information content (AvgIpc) is 2.91. The molecule has 1 aromatic carbocycles. The Hall–Kier alpha value is -2.08. The van der Waals surface area contributed by atoms with Gasteiger partial charge in [0.15, 0.2) is 0 Å². The van der Waals surface area contributed by atoms with E-state index in [2.05, 4.69) is 10.6 Å². The molecule has 2 aromatic rings. The molecule has 1 atom stereocenters. The Morgan fingerprint density at radius 2 is 2.24 bits per heavy atom. The first-order chi connectivity index (χ1) is 8.29. The van der Waals surface area contributed by atoms with E-state index in [-0.39, 0.29) is 11.9 Å². The number of nitriles is 1. The van der Waals surface area contributed by atoms with Crippen molar-refractivity contribution in [2.24, 2.45) is 0 Å². The van der Waals surface area contributed by atoms with Gasteiger partial charge in [-0.2, -0.15) is 5.26 Å². The van der Waals surface area contributed by atoms with Crippen LogP contribution in [0.25, 0.3) is 0 Å². The van der Waals surface area contributed by atoms with Crippen LogP contribution in [0.3, 0.4) is 0 Å². The van der Waals surface area contributed by atoms with E-state index >= 15 is 0 Å². The van der Waals surface area contributed by atoms with Crippen molar-refractivity contribution in [3.63, 3.8) is 0 Å². The van der Waals surface area contributed by atoms with Gasteiger partial charge in [0.1, 0.15) is 5.82 Å². The Labute approximate surface area is 98.9 Å². The topological polar surface area (TPSA) is 28.7 Å². The van der Waals surface area contributed by atoms with Crippen LogP contribution in [0, 0.1) is 17.1 Å². The van der Waals surface area contributed by atoms with E-state index in [1.165, 1.54) is 11.8 Å². The van der Waals surface area contributed by atoms with Gasteiger partial charge in [-0.15, -0.1) is 0 Å². The summed E-state index contributed by atoms with van der Waals surface area (Å²) < 4.78 is 16.0. The molecule has 0 spiro atoms. The van der Waals surface area contributed by atoms with Crippen molar-refractivity contribution in [1.29, 1.82) is 5.26 Å². The lowest BCUT2D eigenvalue weighted by Gasteiger charge is -2.14. The van der Waals surface area contributed by atoms with Gasteiger partial charge in [-0.25, -0.2) is 4.39 Å². The minimum absolute atomic E-state index is 0.0766. The lowest BCUT2D eigenvalue weighted by Crippen LogP contribution is -2.06. The zero-order valence-corrected chi connectivity index (χ0v) is 9.23. The van der Waals surface area contributed by atoms with Crippen LogP contribution in [0.1, 0.15) is 29.3 Å². The molecule has 1 aromatic heterocycles. The summed E-state index contributed by atoms with van der Waals surface area (Å²) in [6.45, 7) is 0. The van der Waals surface area contributed by atoms with Crippen LogP contribution in [0.5, 0.6) is 0 Å². The van der Waals surface area contributed by atoms with Gasteiger partial charge in [-0.3, -0.25) is 0 Å². The summed E-state index contributed by atoms with van der Waals surface area (Å²) in [6.07, 6.45) is 3.90. The third-order valence-corrected chi connectivity index (χ3v) is 3.37. The maximum atomic E-state index is 13.9. The van der Waals surface area contributed by atoms with E-state index < -0.39 is 0 Å². The molecule has 1 aliphatic heterocycles. The third kappa shape index (κ3) is 1.53. The van der Waals surface area contributed by atoms with Crippen LogP contribution < -0.4 is 0 Å². The summed E-state index contributed by atoms with van der Waals surface area (Å²) in [6, 6.07) is 10.8. The van der Waals surface area contributed by atoms with Gasteiger partial charge in [-0.05, 0) is 37.1 Å². The van der Waals surface area contributed by atoms with Gasteiger partial charge in [0.2, 0.25) is 0 Å². The maximum absolute atomic E-state index is 13.9. The van der Waals surface area contributed by atoms with Gasteiger partial charge in [0.25, 0.3) is 0 Å². The van der Waals surface area contributed by atoms with Crippen molar-refractivity contribution in [3.8, 4) is 6.07 Å². The maximum Gasteiger partial charge on any atom is 0.129 e. The number of fused-ring (bicyclic) bond motifs is 1. The second-order valence-corrected chi connectivity index (χ2v) is 4.31. The predicted octanol–water partition coefficient (Wildman–Crippen LogP) is 3.03. The zero-order valence-electron chi connectivity index (χ0n) is 9.23. The molecule has 0 bridgehead atoms. The van der Waals surface area contributed by atoms with Crippen molar-refractivity contribution in [2.75, 3.05) is 0 Å². The number of rotatable bonds is 1. The van der Waals surface area contributed by atoms with E-state index in [9.17, 15) is 4.39 Å². The molecule has 0 radical (unpaired) electrons. The summed E-state index contributed by atoms with van der Waals surface area (Å²) in [5.74, 6) is -0.282. The summed E-state index contributed by atoms with van der Waals surface area (Å²) >= 11 is 0. The van der Waals surface area contributed by atoms with Crippen LogP contribution in [-0.4, -0.2) is 4.57 Å².